The largest absolute Gasteiger partial charge is 0.336 e. The topological polar surface area (TPSA) is 112 Å². The van der Waals surface area contributed by atoms with Crippen LogP contribution in [0.4, 0.5) is 5.82 Å². The second kappa shape index (κ2) is 5.91. The van der Waals surface area contributed by atoms with Gasteiger partial charge in [0.15, 0.2) is 3.95 Å². The molecule has 3 aromatic heterocycles. The van der Waals surface area contributed by atoms with Gasteiger partial charge in [-0.2, -0.15) is 5.21 Å². The quantitative estimate of drug-likeness (QED) is 0.487. The number of thiazole rings is 1. The molecule has 3 heterocycles. The summed E-state index contributed by atoms with van der Waals surface area (Å²) in [6, 6.07) is 10.5. The average molecular weight is 355 g/mol. The molecule has 0 unspecified atom stereocenters. The minimum atomic E-state index is -0.249. The molecule has 0 aliphatic rings. The molecule has 0 saturated heterocycles. The van der Waals surface area contributed by atoms with E-state index >= 15 is 0 Å². The fourth-order valence-electron chi connectivity index (χ4n) is 2.15. The zero-order valence-corrected chi connectivity index (χ0v) is 13.6. The van der Waals surface area contributed by atoms with E-state index in [-0.39, 0.29) is 5.91 Å². The van der Waals surface area contributed by atoms with Gasteiger partial charge in [-0.15, -0.1) is 10.2 Å². The smallest absolute Gasteiger partial charge is 0.256 e. The van der Waals surface area contributed by atoms with Crippen molar-refractivity contribution in [1.82, 2.24) is 30.6 Å². The van der Waals surface area contributed by atoms with Crippen LogP contribution in [0.25, 0.3) is 21.7 Å². The van der Waals surface area contributed by atoms with Gasteiger partial charge in [0.25, 0.3) is 5.91 Å². The highest BCUT2D eigenvalue weighted by Gasteiger charge is 2.09. The lowest BCUT2D eigenvalue weighted by molar-refractivity contribution is 0.102. The third kappa shape index (κ3) is 2.79. The van der Waals surface area contributed by atoms with Crippen LogP contribution >= 0.6 is 23.6 Å². The number of fused-ring (bicyclic) bond motifs is 1. The number of rotatable bonds is 3. The summed E-state index contributed by atoms with van der Waals surface area (Å²) in [6.45, 7) is 0. The van der Waals surface area contributed by atoms with Crippen molar-refractivity contribution in [2.45, 2.75) is 0 Å². The maximum Gasteiger partial charge on any atom is 0.256 e. The number of aromatic amines is 2. The van der Waals surface area contributed by atoms with Gasteiger partial charge < -0.3 is 10.3 Å². The Bertz CT molecular complexity index is 1070. The van der Waals surface area contributed by atoms with Crippen molar-refractivity contribution in [3.8, 4) is 11.4 Å². The number of nitrogens with one attached hydrogen (secondary N) is 3. The molecule has 3 N–H and O–H groups in total. The molecule has 118 valence electrons. The number of tetrazole rings is 1. The SMILES string of the molecule is O=C(Nc1ccc2[nH]c(=S)sc2n1)c1ccc(-c2nn[nH]n2)cc1. The Morgan fingerprint density at radius 2 is 2.00 bits per heavy atom. The highest BCUT2D eigenvalue weighted by Crippen LogP contribution is 2.20. The van der Waals surface area contributed by atoms with E-state index < -0.39 is 0 Å². The molecule has 4 rings (SSSR count). The minimum absolute atomic E-state index is 0.249. The van der Waals surface area contributed by atoms with Crippen LogP contribution in [0.5, 0.6) is 0 Å². The maximum atomic E-state index is 12.3. The van der Waals surface area contributed by atoms with Crippen molar-refractivity contribution in [2.24, 2.45) is 0 Å². The number of carbonyl (C=O) groups is 1. The highest BCUT2D eigenvalue weighted by molar-refractivity contribution is 7.73. The van der Waals surface area contributed by atoms with E-state index in [4.69, 9.17) is 12.2 Å². The molecule has 4 aromatic rings. The third-order valence-electron chi connectivity index (χ3n) is 3.28. The van der Waals surface area contributed by atoms with Crippen molar-refractivity contribution in [3.05, 3.63) is 45.9 Å². The normalized spacial score (nSPS) is 10.8. The van der Waals surface area contributed by atoms with Crippen LogP contribution in [0, 0.1) is 3.95 Å². The number of amides is 1. The lowest BCUT2D eigenvalue weighted by Gasteiger charge is -2.05. The van der Waals surface area contributed by atoms with E-state index in [1.807, 2.05) is 6.07 Å². The average Bonchev–Trinajstić information content (AvgIpc) is 3.23. The molecular formula is C14H9N7OS2. The van der Waals surface area contributed by atoms with Crippen molar-refractivity contribution in [2.75, 3.05) is 5.32 Å². The summed E-state index contributed by atoms with van der Waals surface area (Å²) in [5.74, 6) is 0.698. The molecule has 1 aromatic carbocycles. The standard InChI is InChI=1S/C14H9N7OS2/c22-12(8-3-1-7(2-4-8)11-18-20-21-19-11)16-10-6-5-9-13(17-10)24-14(23)15-9/h1-6H,(H,15,23)(H,16,17,22)(H,18,19,20,21). The van der Waals surface area contributed by atoms with Crippen LogP contribution < -0.4 is 5.32 Å². The van der Waals surface area contributed by atoms with E-state index in [0.29, 0.717) is 21.2 Å². The van der Waals surface area contributed by atoms with Crippen LogP contribution in [0.2, 0.25) is 0 Å². The number of hydrogen-bond acceptors (Lipinski definition) is 7. The van der Waals surface area contributed by atoms with Gasteiger partial charge in [0.05, 0.1) is 5.52 Å². The van der Waals surface area contributed by atoms with E-state index in [2.05, 4.69) is 35.9 Å². The Balaban J connectivity index is 1.55. The molecule has 10 heteroatoms. The number of nitrogens with zero attached hydrogens (tertiary/aromatic N) is 4. The van der Waals surface area contributed by atoms with Gasteiger partial charge in [-0.05, 0) is 41.7 Å². The number of pyridine rings is 1. The lowest BCUT2D eigenvalue weighted by atomic mass is 10.1. The molecule has 24 heavy (non-hydrogen) atoms. The molecule has 0 fully saturated rings. The Morgan fingerprint density at radius 3 is 2.75 bits per heavy atom. The first-order valence-electron chi connectivity index (χ1n) is 6.84. The van der Waals surface area contributed by atoms with Gasteiger partial charge in [0.2, 0.25) is 5.82 Å². The number of carbonyl (C=O) groups excluding carboxylic acids is 1. The summed E-state index contributed by atoms with van der Waals surface area (Å²) < 4.78 is 0.651. The molecule has 0 spiro atoms. The van der Waals surface area contributed by atoms with Gasteiger partial charge in [-0.3, -0.25) is 4.79 Å². The molecular weight excluding hydrogens is 346 g/mol. The van der Waals surface area contributed by atoms with Crippen LogP contribution in [-0.2, 0) is 0 Å². The van der Waals surface area contributed by atoms with Crippen LogP contribution in [-0.4, -0.2) is 36.5 Å². The molecule has 0 bridgehead atoms. The predicted octanol–water partition coefficient (Wildman–Crippen LogP) is 2.79. The number of aromatic nitrogens is 6. The Labute approximate surface area is 144 Å². The summed E-state index contributed by atoms with van der Waals surface area (Å²) in [4.78, 5) is 20.5. The highest BCUT2D eigenvalue weighted by atomic mass is 32.1. The van der Waals surface area contributed by atoms with E-state index in [9.17, 15) is 4.79 Å². The van der Waals surface area contributed by atoms with Crippen molar-refractivity contribution in [3.63, 3.8) is 0 Å². The lowest BCUT2D eigenvalue weighted by Crippen LogP contribution is -2.12. The molecule has 0 atom stereocenters. The number of anilines is 1. The zero-order chi connectivity index (χ0) is 16.5. The van der Waals surface area contributed by atoms with Gasteiger partial charge in [0, 0.05) is 11.1 Å². The molecule has 1 amide bonds. The van der Waals surface area contributed by atoms with Gasteiger partial charge in [-0.1, -0.05) is 23.5 Å². The monoisotopic (exact) mass is 355 g/mol. The summed E-state index contributed by atoms with van der Waals surface area (Å²) >= 11 is 6.45. The van der Waals surface area contributed by atoms with Crippen molar-refractivity contribution >= 4 is 45.6 Å². The summed E-state index contributed by atoms with van der Waals surface area (Å²) in [7, 11) is 0. The Morgan fingerprint density at radius 1 is 1.17 bits per heavy atom. The predicted molar refractivity (Wildman–Crippen MR) is 92.4 cm³/mol. The third-order valence-corrected chi connectivity index (χ3v) is 4.42. The second-order valence-electron chi connectivity index (χ2n) is 4.83. The Kier molecular flexibility index (Phi) is 3.59. The van der Waals surface area contributed by atoms with E-state index in [1.165, 1.54) is 11.3 Å². The molecule has 0 saturated carbocycles. The van der Waals surface area contributed by atoms with E-state index in [0.717, 1.165) is 15.9 Å². The number of benzene rings is 1. The molecule has 8 nitrogen and oxygen atoms in total. The fourth-order valence-corrected chi connectivity index (χ4v) is 3.21. The first-order chi connectivity index (χ1) is 11.7. The zero-order valence-electron chi connectivity index (χ0n) is 12.0. The minimum Gasteiger partial charge on any atom is -0.336 e. The van der Waals surface area contributed by atoms with Gasteiger partial charge >= 0.3 is 0 Å². The Hall–Kier alpha value is -2.98. The number of H-pyrrole nitrogens is 2. The summed E-state index contributed by atoms with van der Waals surface area (Å²) in [5, 5.41) is 16.4. The first kappa shape index (κ1) is 14.6. The molecule has 0 radical (unpaired) electrons. The van der Waals surface area contributed by atoms with Crippen LogP contribution in [0.15, 0.2) is 36.4 Å². The molecule has 0 aliphatic carbocycles. The first-order valence-corrected chi connectivity index (χ1v) is 8.06. The van der Waals surface area contributed by atoms with Crippen LogP contribution in [0.3, 0.4) is 0 Å². The van der Waals surface area contributed by atoms with Crippen molar-refractivity contribution in [1.29, 1.82) is 0 Å². The van der Waals surface area contributed by atoms with Gasteiger partial charge in [-0.25, -0.2) is 4.98 Å². The summed E-state index contributed by atoms with van der Waals surface area (Å²) in [6.07, 6.45) is 0. The van der Waals surface area contributed by atoms with Crippen LogP contribution in [0.1, 0.15) is 10.4 Å². The summed E-state index contributed by atoms with van der Waals surface area (Å²) in [5.41, 5.74) is 2.13. The second-order valence-corrected chi connectivity index (χ2v) is 6.50. The number of hydrogen-bond donors (Lipinski definition) is 3. The fraction of sp³-hybridized carbons (Fsp3) is 0. The molecule has 0 aliphatic heterocycles. The van der Waals surface area contributed by atoms with Crippen molar-refractivity contribution < 1.29 is 4.79 Å². The maximum absolute atomic E-state index is 12.3. The van der Waals surface area contributed by atoms with E-state index in [1.54, 1.807) is 30.3 Å². The van der Waals surface area contributed by atoms with Gasteiger partial charge in [0.1, 0.15) is 10.6 Å².